The first-order chi connectivity index (χ1) is 8.72. The second-order valence-corrected chi connectivity index (χ2v) is 3.59. The molecule has 3 N–H and O–H groups in total. The van der Waals surface area contributed by atoms with Crippen molar-refractivity contribution in [1.82, 2.24) is 10.2 Å². The predicted octanol–water partition coefficient (Wildman–Crippen LogP) is 1.59. The van der Waals surface area contributed by atoms with E-state index in [4.69, 9.17) is 10.4 Å². The zero-order chi connectivity index (χ0) is 13.0. The second-order valence-electron chi connectivity index (χ2n) is 3.59. The van der Waals surface area contributed by atoms with Crippen molar-refractivity contribution in [3.05, 3.63) is 47.3 Å². The number of anilines is 1. The molecular weight excluding hydrogens is 232 g/mol. The molecule has 6 nitrogen and oxygen atoms in total. The van der Waals surface area contributed by atoms with Crippen molar-refractivity contribution in [2.45, 2.75) is 6.54 Å². The summed E-state index contributed by atoms with van der Waals surface area (Å²) in [5.74, 6) is -1.06. The molecule has 2 aromatic rings. The minimum atomic E-state index is -1.06. The molecule has 0 unspecified atom stereocenters. The minimum absolute atomic E-state index is 0.0527. The van der Waals surface area contributed by atoms with E-state index in [0.717, 1.165) is 0 Å². The lowest BCUT2D eigenvalue weighted by molar-refractivity contribution is 0.0689. The van der Waals surface area contributed by atoms with Crippen LogP contribution in [0, 0.1) is 11.3 Å². The van der Waals surface area contributed by atoms with Gasteiger partial charge in [-0.1, -0.05) is 12.1 Å². The third-order valence-corrected chi connectivity index (χ3v) is 2.45. The summed E-state index contributed by atoms with van der Waals surface area (Å²) in [6, 6.07) is 9.08. The number of carbonyl (C=O) groups is 1. The first-order valence-corrected chi connectivity index (χ1v) is 5.21. The van der Waals surface area contributed by atoms with Gasteiger partial charge < -0.3 is 10.4 Å². The lowest BCUT2D eigenvalue weighted by Gasteiger charge is -2.06. The average Bonchev–Trinajstić information content (AvgIpc) is 2.85. The van der Waals surface area contributed by atoms with Crippen LogP contribution in [0.4, 0.5) is 5.69 Å². The van der Waals surface area contributed by atoms with Gasteiger partial charge in [0, 0.05) is 12.1 Å². The Kier molecular flexibility index (Phi) is 3.25. The van der Waals surface area contributed by atoms with Crippen LogP contribution in [0.5, 0.6) is 0 Å². The maximum atomic E-state index is 10.9. The molecule has 90 valence electrons. The quantitative estimate of drug-likeness (QED) is 0.755. The van der Waals surface area contributed by atoms with Crippen molar-refractivity contribution in [3.8, 4) is 6.07 Å². The van der Waals surface area contributed by atoms with Crippen LogP contribution in [0.15, 0.2) is 30.5 Å². The fraction of sp³-hybridized carbons (Fsp3) is 0.0833. The molecule has 0 saturated heterocycles. The van der Waals surface area contributed by atoms with E-state index < -0.39 is 5.97 Å². The van der Waals surface area contributed by atoms with Gasteiger partial charge in [-0.15, -0.1) is 0 Å². The van der Waals surface area contributed by atoms with Gasteiger partial charge in [0.25, 0.3) is 0 Å². The van der Waals surface area contributed by atoms with Gasteiger partial charge in [-0.3, -0.25) is 5.10 Å². The molecule has 0 aliphatic rings. The summed E-state index contributed by atoms with van der Waals surface area (Å²) in [5, 5.41) is 26.9. The van der Waals surface area contributed by atoms with Crippen molar-refractivity contribution in [2.75, 3.05) is 5.32 Å². The van der Waals surface area contributed by atoms with Gasteiger partial charge in [-0.05, 0) is 12.1 Å². The van der Waals surface area contributed by atoms with E-state index in [1.54, 1.807) is 24.3 Å². The van der Waals surface area contributed by atoms with Crippen LogP contribution in [0.2, 0.25) is 0 Å². The Morgan fingerprint density at radius 2 is 2.28 bits per heavy atom. The molecule has 0 saturated carbocycles. The van der Waals surface area contributed by atoms with Crippen molar-refractivity contribution in [1.29, 1.82) is 5.26 Å². The highest BCUT2D eigenvalue weighted by molar-refractivity contribution is 5.87. The molecule has 0 amide bonds. The maximum absolute atomic E-state index is 10.9. The maximum Gasteiger partial charge on any atom is 0.354 e. The van der Waals surface area contributed by atoms with Gasteiger partial charge in [0.1, 0.15) is 11.8 Å². The number of rotatable bonds is 4. The van der Waals surface area contributed by atoms with Crippen LogP contribution in [0.3, 0.4) is 0 Å². The Balaban J connectivity index is 2.15. The summed E-state index contributed by atoms with van der Waals surface area (Å²) >= 11 is 0. The number of hydrogen-bond acceptors (Lipinski definition) is 4. The minimum Gasteiger partial charge on any atom is -0.477 e. The Labute approximate surface area is 103 Å². The molecule has 2 rings (SSSR count). The third-order valence-electron chi connectivity index (χ3n) is 2.45. The van der Waals surface area contributed by atoms with E-state index >= 15 is 0 Å². The highest BCUT2D eigenvalue weighted by Crippen LogP contribution is 2.15. The molecule has 6 heteroatoms. The van der Waals surface area contributed by atoms with Crippen molar-refractivity contribution in [2.24, 2.45) is 0 Å². The van der Waals surface area contributed by atoms with E-state index in [1.807, 2.05) is 0 Å². The van der Waals surface area contributed by atoms with Gasteiger partial charge in [0.05, 0.1) is 17.4 Å². The van der Waals surface area contributed by atoms with E-state index in [2.05, 4.69) is 21.6 Å². The van der Waals surface area contributed by atoms with Gasteiger partial charge in [-0.2, -0.15) is 10.4 Å². The number of carboxylic acid groups (broad SMARTS) is 1. The van der Waals surface area contributed by atoms with Crippen molar-refractivity contribution >= 4 is 11.7 Å². The first kappa shape index (κ1) is 11.7. The molecule has 1 aromatic heterocycles. The SMILES string of the molecule is N#Cc1ccccc1NCc1cn[nH]c1C(=O)O. The number of benzene rings is 1. The van der Waals surface area contributed by atoms with Gasteiger partial charge in [0.15, 0.2) is 0 Å². The molecule has 0 bridgehead atoms. The lowest BCUT2D eigenvalue weighted by Crippen LogP contribution is -2.06. The molecule has 18 heavy (non-hydrogen) atoms. The molecule has 1 aromatic carbocycles. The summed E-state index contributed by atoms with van der Waals surface area (Å²) in [4.78, 5) is 10.9. The number of hydrogen-bond donors (Lipinski definition) is 3. The molecule has 0 fully saturated rings. The molecule has 0 spiro atoms. The van der Waals surface area contributed by atoms with Gasteiger partial charge in [-0.25, -0.2) is 4.79 Å². The van der Waals surface area contributed by atoms with Crippen LogP contribution in [-0.2, 0) is 6.54 Å². The molecule has 0 aliphatic carbocycles. The lowest BCUT2D eigenvalue weighted by atomic mass is 10.2. The second kappa shape index (κ2) is 5.01. The number of aromatic carboxylic acids is 1. The van der Waals surface area contributed by atoms with E-state index in [-0.39, 0.29) is 12.2 Å². The number of nitrogens with zero attached hydrogens (tertiary/aromatic N) is 2. The summed E-state index contributed by atoms with van der Waals surface area (Å²) in [5.41, 5.74) is 1.77. The Morgan fingerprint density at radius 3 is 3.00 bits per heavy atom. The highest BCUT2D eigenvalue weighted by atomic mass is 16.4. The van der Waals surface area contributed by atoms with Gasteiger partial charge >= 0.3 is 5.97 Å². The molecule has 0 atom stereocenters. The fourth-order valence-corrected chi connectivity index (χ4v) is 1.56. The number of aromatic amines is 1. The van der Waals surface area contributed by atoms with Crippen LogP contribution in [0.1, 0.15) is 21.6 Å². The standard InChI is InChI=1S/C12H10N4O2/c13-5-8-3-1-2-4-10(8)14-6-9-7-15-16-11(9)12(17)18/h1-4,7,14H,6H2,(H,15,16)(H,17,18). The normalized spacial score (nSPS) is 9.72. The van der Waals surface area contributed by atoms with Crippen LogP contribution >= 0.6 is 0 Å². The van der Waals surface area contributed by atoms with Gasteiger partial charge in [0.2, 0.25) is 0 Å². The number of nitriles is 1. The van der Waals surface area contributed by atoms with Crippen LogP contribution < -0.4 is 5.32 Å². The third kappa shape index (κ3) is 2.30. The van der Waals surface area contributed by atoms with Crippen molar-refractivity contribution in [3.63, 3.8) is 0 Å². The zero-order valence-corrected chi connectivity index (χ0v) is 9.34. The molecular formula is C12H10N4O2. The van der Waals surface area contributed by atoms with Crippen molar-refractivity contribution < 1.29 is 9.90 Å². The molecule has 0 aliphatic heterocycles. The number of carboxylic acids is 1. The Bertz CT molecular complexity index is 613. The zero-order valence-electron chi connectivity index (χ0n) is 9.34. The Hall–Kier alpha value is -2.81. The van der Waals surface area contributed by atoms with E-state index in [1.165, 1.54) is 6.20 Å². The monoisotopic (exact) mass is 242 g/mol. The van der Waals surface area contributed by atoms with Crippen LogP contribution in [-0.4, -0.2) is 21.3 Å². The summed E-state index contributed by atoms with van der Waals surface area (Å²) in [6.45, 7) is 0.289. The summed E-state index contributed by atoms with van der Waals surface area (Å²) < 4.78 is 0. The van der Waals surface area contributed by atoms with E-state index in [0.29, 0.717) is 16.8 Å². The molecule has 1 heterocycles. The molecule has 0 radical (unpaired) electrons. The Morgan fingerprint density at radius 1 is 1.50 bits per heavy atom. The number of H-pyrrole nitrogens is 1. The number of nitrogens with one attached hydrogen (secondary N) is 2. The first-order valence-electron chi connectivity index (χ1n) is 5.21. The van der Waals surface area contributed by atoms with Crippen LogP contribution in [0.25, 0.3) is 0 Å². The number of para-hydroxylation sites is 1. The summed E-state index contributed by atoms with van der Waals surface area (Å²) in [6.07, 6.45) is 1.45. The largest absolute Gasteiger partial charge is 0.477 e. The average molecular weight is 242 g/mol. The topological polar surface area (TPSA) is 102 Å². The summed E-state index contributed by atoms with van der Waals surface area (Å²) in [7, 11) is 0. The number of aromatic nitrogens is 2. The smallest absolute Gasteiger partial charge is 0.354 e. The predicted molar refractivity (Wildman–Crippen MR) is 64.0 cm³/mol. The highest BCUT2D eigenvalue weighted by Gasteiger charge is 2.12. The van der Waals surface area contributed by atoms with E-state index in [9.17, 15) is 4.79 Å². The fourth-order valence-electron chi connectivity index (χ4n) is 1.56.